The van der Waals surface area contributed by atoms with Crippen LogP contribution in [0.2, 0.25) is 0 Å². The molecule has 0 unspecified atom stereocenters. The van der Waals surface area contributed by atoms with Gasteiger partial charge in [-0.05, 0) is 56.6 Å². The molecule has 32 heavy (non-hydrogen) atoms. The van der Waals surface area contributed by atoms with Gasteiger partial charge < -0.3 is 14.6 Å². The van der Waals surface area contributed by atoms with Crippen LogP contribution in [0.5, 0.6) is 5.75 Å². The van der Waals surface area contributed by atoms with E-state index >= 15 is 0 Å². The number of rotatable bonds is 8. The van der Waals surface area contributed by atoms with Gasteiger partial charge >= 0.3 is 0 Å². The molecular weight excluding hydrogens is 404 g/mol. The number of aromatic nitrogens is 3. The molecule has 4 rings (SSSR count). The Kier molecular flexibility index (Phi) is 6.93. The Bertz CT molecular complexity index is 1050. The second kappa shape index (κ2) is 10.0. The zero-order valence-electron chi connectivity index (χ0n) is 19.1. The van der Waals surface area contributed by atoms with Crippen molar-refractivity contribution in [3.05, 3.63) is 53.5 Å². The van der Waals surface area contributed by atoms with Crippen LogP contribution >= 0.6 is 0 Å². The molecule has 0 bridgehead atoms. The van der Waals surface area contributed by atoms with Crippen LogP contribution in [0.25, 0.3) is 11.3 Å². The Morgan fingerprint density at radius 1 is 1.25 bits per heavy atom. The zero-order valence-corrected chi connectivity index (χ0v) is 19.1. The molecular formula is C25H32N4O3. The maximum Gasteiger partial charge on any atom is 0.220 e. The number of benzene rings is 1. The third-order valence-corrected chi connectivity index (χ3v) is 6.39. The van der Waals surface area contributed by atoms with E-state index in [4.69, 9.17) is 14.4 Å². The van der Waals surface area contributed by atoms with Crippen LogP contribution < -0.4 is 10.1 Å². The molecule has 1 amide bonds. The maximum absolute atomic E-state index is 12.4. The molecule has 0 atom stereocenters. The fourth-order valence-electron chi connectivity index (χ4n) is 4.63. The maximum atomic E-state index is 12.4. The van der Waals surface area contributed by atoms with E-state index in [9.17, 15) is 4.79 Å². The third kappa shape index (κ3) is 5.21. The molecule has 0 saturated heterocycles. The Labute approximate surface area is 189 Å². The number of ether oxygens (including phenoxy) is 1. The summed E-state index contributed by atoms with van der Waals surface area (Å²) >= 11 is 0. The van der Waals surface area contributed by atoms with E-state index < -0.39 is 0 Å². The van der Waals surface area contributed by atoms with E-state index in [0.717, 1.165) is 66.3 Å². The van der Waals surface area contributed by atoms with Gasteiger partial charge in [0.25, 0.3) is 0 Å². The Hall–Kier alpha value is -3.09. The van der Waals surface area contributed by atoms with Crippen molar-refractivity contribution >= 4 is 5.91 Å². The topological polar surface area (TPSA) is 82.2 Å². The lowest BCUT2D eigenvalue weighted by molar-refractivity contribution is -0.121. The summed E-state index contributed by atoms with van der Waals surface area (Å²) in [5.41, 5.74) is 4.09. The molecule has 2 aromatic heterocycles. The first-order valence-electron chi connectivity index (χ1n) is 11.4. The smallest absolute Gasteiger partial charge is 0.220 e. The van der Waals surface area contributed by atoms with Gasteiger partial charge in [0.1, 0.15) is 5.75 Å². The number of carbonyl (C=O) groups is 1. The molecule has 1 N–H and O–H groups in total. The molecule has 0 spiro atoms. The van der Waals surface area contributed by atoms with Crippen LogP contribution in [0.15, 0.2) is 41.1 Å². The Morgan fingerprint density at radius 2 is 2.03 bits per heavy atom. The molecule has 1 aliphatic rings. The molecule has 1 saturated carbocycles. The van der Waals surface area contributed by atoms with Crippen molar-refractivity contribution in [2.45, 2.75) is 51.4 Å². The first-order valence-corrected chi connectivity index (χ1v) is 11.4. The molecule has 7 heteroatoms. The highest BCUT2D eigenvalue weighted by Gasteiger charge is 2.28. The van der Waals surface area contributed by atoms with Crippen LogP contribution in [0, 0.1) is 12.8 Å². The van der Waals surface area contributed by atoms with Gasteiger partial charge in [-0.2, -0.15) is 5.10 Å². The minimum atomic E-state index is 0.103. The summed E-state index contributed by atoms with van der Waals surface area (Å²) in [6.45, 7) is 2.67. The zero-order chi connectivity index (χ0) is 22.5. The number of aryl methyl sites for hydroxylation is 3. The van der Waals surface area contributed by atoms with Crippen LogP contribution in [-0.2, 0) is 18.3 Å². The normalized spacial score (nSPS) is 18.5. The van der Waals surface area contributed by atoms with Gasteiger partial charge in [0.05, 0.1) is 24.1 Å². The average molecular weight is 437 g/mol. The van der Waals surface area contributed by atoms with Gasteiger partial charge in [-0.3, -0.25) is 9.48 Å². The van der Waals surface area contributed by atoms with E-state index in [-0.39, 0.29) is 5.91 Å². The fourth-order valence-corrected chi connectivity index (χ4v) is 4.63. The highest BCUT2D eigenvalue weighted by molar-refractivity contribution is 5.76. The summed E-state index contributed by atoms with van der Waals surface area (Å²) in [5, 5.41) is 11.9. The Morgan fingerprint density at radius 3 is 2.75 bits per heavy atom. The second-order valence-electron chi connectivity index (χ2n) is 8.77. The molecule has 7 nitrogen and oxygen atoms in total. The minimum Gasteiger partial charge on any atom is -0.496 e. The van der Waals surface area contributed by atoms with E-state index in [0.29, 0.717) is 24.7 Å². The summed E-state index contributed by atoms with van der Waals surface area (Å²) in [4.78, 5) is 12.4. The summed E-state index contributed by atoms with van der Waals surface area (Å²) in [6, 6.07) is 9.83. The standard InChI is InChI=1S/C25H32N4O3/c1-17-14-23(32-28-17)21-16-29(2)27-25(21)20-10-8-18(9-11-20)15-26-24(30)13-12-19-6-4-5-7-22(19)31-3/h4-7,14,16,18,20H,8-13,15H2,1-3H3,(H,26,30). The van der Waals surface area contributed by atoms with Crippen molar-refractivity contribution in [1.29, 1.82) is 0 Å². The van der Waals surface area contributed by atoms with E-state index in [1.54, 1.807) is 7.11 Å². The predicted octanol–water partition coefficient (Wildman–Crippen LogP) is 4.41. The van der Waals surface area contributed by atoms with Gasteiger partial charge in [0.2, 0.25) is 5.91 Å². The van der Waals surface area contributed by atoms with Gasteiger partial charge in [0, 0.05) is 38.2 Å². The molecule has 2 heterocycles. The lowest BCUT2D eigenvalue weighted by Gasteiger charge is -2.28. The van der Waals surface area contributed by atoms with Gasteiger partial charge in [-0.25, -0.2) is 0 Å². The van der Waals surface area contributed by atoms with Crippen LogP contribution in [0.4, 0.5) is 0 Å². The fraction of sp³-hybridized carbons (Fsp3) is 0.480. The minimum absolute atomic E-state index is 0.103. The number of nitrogens with one attached hydrogen (secondary N) is 1. The molecule has 1 aliphatic carbocycles. The third-order valence-electron chi connectivity index (χ3n) is 6.39. The van der Waals surface area contributed by atoms with E-state index in [1.165, 1.54) is 0 Å². The van der Waals surface area contributed by atoms with Crippen LogP contribution in [-0.4, -0.2) is 34.5 Å². The van der Waals surface area contributed by atoms with Gasteiger partial charge in [-0.15, -0.1) is 0 Å². The lowest BCUT2D eigenvalue weighted by atomic mass is 9.79. The number of hydrogen-bond donors (Lipinski definition) is 1. The molecule has 0 radical (unpaired) electrons. The van der Waals surface area contributed by atoms with Gasteiger partial charge in [-0.1, -0.05) is 23.4 Å². The Balaban J connectivity index is 1.25. The van der Waals surface area contributed by atoms with Crippen molar-refractivity contribution in [2.24, 2.45) is 13.0 Å². The van der Waals surface area contributed by atoms with E-state index in [1.807, 2.05) is 55.2 Å². The van der Waals surface area contributed by atoms with Crippen molar-refractivity contribution in [1.82, 2.24) is 20.3 Å². The number of nitrogens with zero attached hydrogens (tertiary/aromatic N) is 3. The first-order chi connectivity index (χ1) is 15.5. The summed E-state index contributed by atoms with van der Waals surface area (Å²) in [5.74, 6) is 2.66. The SMILES string of the molecule is COc1ccccc1CCC(=O)NCC1CCC(c2nn(C)cc2-c2cc(C)no2)CC1. The van der Waals surface area contributed by atoms with Crippen molar-refractivity contribution in [3.8, 4) is 17.1 Å². The highest BCUT2D eigenvalue weighted by Crippen LogP contribution is 2.39. The highest BCUT2D eigenvalue weighted by atomic mass is 16.5. The predicted molar refractivity (Wildman–Crippen MR) is 122 cm³/mol. The molecule has 170 valence electrons. The quantitative estimate of drug-likeness (QED) is 0.565. The van der Waals surface area contributed by atoms with Crippen LogP contribution in [0.1, 0.15) is 55.0 Å². The average Bonchev–Trinajstić information content (AvgIpc) is 3.42. The van der Waals surface area contributed by atoms with Crippen molar-refractivity contribution in [3.63, 3.8) is 0 Å². The van der Waals surface area contributed by atoms with Crippen LogP contribution in [0.3, 0.4) is 0 Å². The number of amides is 1. The number of para-hydroxylation sites is 1. The second-order valence-corrected chi connectivity index (χ2v) is 8.77. The van der Waals surface area contributed by atoms with Gasteiger partial charge in [0.15, 0.2) is 5.76 Å². The molecule has 1 aromatic carbocycles. The number of carbonyl (C=O) groups excluding carboxylic acids is 1. The largest absolute Gasteiger partial charge is 0.496 e. The van der Waals surface area contributed by atoms with Crippen molar-refractivity contribution < 1.29 is 14.1 Å². The first kappa shape index (κ1) is 22.1. The van der Waals surface area contributed by atoms with E-state index in [2.05, 4.69) is 10.5 Å². The molecule has 0 aliphatic heterocycles. The van der Waals surface area contributed by atoms with Crippen molar-refractivity contribution in [2.75, 3.05) is 13.7 Å². The number of hydrogen-bond acceptors (Lipinski definition) is 5. The summed E-state index contributed by atoms with van der Waals surface area (Å²) in [6.07, 6.45) is 7.49. The summed E-state index contributed by atoms with van der Waals surface area (Å²) in [7, 11) is 3.61. The molecule has 3 aromatic rings. The monoisotopic (exact) mass is 436 g/mol. The summed E-state index contributed by atoms with van der Waals surface area (Å²) < 4.78 is 12.7. The molecule has 1 fully saturated rings. The number of methoxy groups -OCH3 is 1. The lowest BCUT2D eigenvalue weighted by Crippen LogP contribution is -2.31.